The summed E-state index contributed by atoms with van der Waals surface area (Å²) in [5.74, 6) is 0.627. The Balaban J connectivity index is 0.00000625. The van der Waals surface area contributed by atoms with Crippen LogP contribution in [0.3, 0.4) is 0 Å². The molecule has 0 bridgehead atoms. The molecule has 26 heavy (non-hydrogen) atoms. The quantitative estimate of drug-likeness (QED) is 0.180. The topological polar surface area (TPSA) is 92.3 Å². The molecule has 1 saturated heterocycles. The summed E-state index contributed by atoms with van der Waals surface area (Å²) in [6, 6.07) is 0.302. The van der Waals surface area contributed by atoms with Crippen LogP contribution in [0.25, 0.3) is 0 Å². The van der Waals surface area contributed by atoms with Gasteiger partial charge in [-0.2, -0.15) is 0 Å². The minimum atomic E-state index is -0.226. The second-order valence-corrected chi connectivity index (χ2v) is 5.99. The summed E-state index contributed by atoms with van der Waals surface area (Å²) in [4.78, 5) is 28.7. The number of piperidine rings is 1. The van der Waals surface area contributed by atoms with E-state index in [4.69, 9.17) is 4.74 Å². The molecule has 1 aliphatic rings. The maximum atomic E-state index is 11.7. The van der Waals surface area contributed by atoms with Gasteiger partial charge in [-0.1, -0.05) is 6.42 Å². The molecular weight excluding hydrogens is 451 g/mol. The van der Waals surface area contributed by atoms with E-state index in [2.05, 4.69) is 20.4 Å². The van der Waals surface area contributed by atoms with Crippen molar-refractivity contribution in [1.82, 2.24) is 15.5 Å². The Labute approximate surface area is 173 Å². The van der Waals surface area contributed by atoms with Gasteiger partial charge in [0, 0.05) is 39.1 Å². The lowest BCUT2D eigenvalue weighted by Crippen LogP contribution is -2.50. The fraction of sp³-hybridized carbons (Fsp3) is 0.824. The third-order valence-corrected chi connectivity index (χ3v) is 4.16. The number of hydrogen-bond donors (Lipinski definition) is 2. The zero-order valence-corrected chi connectivity index (χ0v) is 18.4. The van der Waals surface area contributed by atoms with Crippen LogP contribution in [0.1, 0.15) is 45.4 Å². The molecule has 0 aliphatic carbocycles. The monoisotopic (exact) mass is 484 g/mol. The lowest BCUT2D eigenvalue weighted by molar-refractivity contribution is -0.140. The first kappa shape index (κ1) is 24.7. The Bertz CT molecular complexity index is 440. The summed E-state index contributed by atoms with van der Waals surface area (Å²) in [6.07, 6.45) is 4.78. The van der Waals surface area contributed by atoms with Crippen LogP contribution >= 0.6 is 24.0 Å². The van der Waals surface area contributed by atoms with Crippen molar-refractivity contribution in [2.45, 2.75) is 51.5 Å². The fourth-order valence-electron chi connectivity index (χ4n) is 2.69. The maximum absolute atomic E-state index is 11.7. The predicted octanol–water partition coefficient (Wildman–Crippen LogP) is 2.12. The fourth-order valence-corrected chi connectivity index (χ4v) is 2.69. The number of unbranched alkanes of at least 4 members (excludes halogenated alkanes) is 2. The number of carbonyl (C=O) groups excluding carboxylic acids is 2. The molecule has 0 unspecified atom stereocenters. The van der Waals surface area contributed by atoms with Crippen LogP contribution in [0.15, 0.2) is 4.99 Å². The second kappa shape index (κ2) is 14.9. The van der Waals surface area contributed by atoms with Crippen molar-refractivity contribution in [1.29, 1.82) is 0 Å². The lowest BCUT2D eigenvalue weighted by atomic mass is 10.1. The van der Waals surface area contributed by atoms with E-state index >= 15 is 0 Å². The lowest BCUT2D eigenvalue weighted by Gasteiger charge is -2.32. The molecule has 9 heteroatoms. The highest BCUT2D eigenvalue weighted by Crippen LogP contribution is 2.11. The van der Waals surface area contributed by atoms with Crippen molar-refractivity contribution in [3.8, 4) is 0 Å². The molecule has 1 rings (SSSR count). The number of esters is 1. The Morgan fingerprint density at radius 2 is 1.88 bits per heavy atom. The van der Waals surface area contributed by atoms with Gasteiger partial charge in [0.1, 0.15) is 0 Å². The number of guanidine groups is 1. The van der Waals surface area contributed by atoms with Crippen LogP contribution in [-0.4, -0.2) is 69.4 Å². The highest BCUT2D eigenvalue weighted by molar-refractivity contribution is 14.0. The van der Waals surface area contributed by atoms with Crippen LogP contribution in [-0.2, 0) is 14.3 Å². The Morgan fingerprint density at radius 3 is 2.46 bits per heavy atom. The molecule has 1 fully saturated rings. The number of ether oxygens (including phenoxy) is 2. The van der Waals surface area contributed by atoms with Gasteiger partial charge in [-0.05, 0) is 32.6 Å². The average molecular weight is 484 g/mol. The van der Waals surface area contributed by atoms with Gasteiger partial charge in [0.25, 0.3) is 0 Å². The summed E-state index contributed by atoms with van der Waals surface area (Å²) in [5, 5.41) is 6.69. The van der Waals surface area contributed by atoms with Gasteiger partial charge in [0.2, 0.25) is 0 Å². The van der Waals surface area contributed by atoms with Crippen LogP contribution in [0.5, 0.6) is 0 Å². The number of hydrogen-bond acceptors (Lipinski definition) is 5. The number of nitrogens with one attached hydrogen (secondary N) is 2. The molecule has 0 atom stereocenters. The van der Waals surface area contributed by atoms with E-state index in [0.717, 1.165) is 44.6 Å². The first-order valence-corrected chi connectivity index (χ1v) is 9.06. The minimum Gasteiger partial charge on any atom is -0.469 e. The summed E-state index contributed by atoms with van der Waals surface area (Å²) in [5.41, 5.74) is 0. The molecule has 2 N–H and O–H groups in total. The summed E-state index contributed by atoms with van der Waals surface area (Å²) in [7, 11) is 3.16. The van der Waals surface area contributed by atoms with Crippen LogP contribution in [0.4, 0.5) is 4.79 Å². The SMILES string of the molecule is CCOC(=O)N1CCC(NC(=NC)NCCCCCC(=O)OC)CC1.I. The number of likely N-dealkylation sites (tertiary alicyclic amines) is 1. The van der Waals surface area contributed by atoms with E-state index in [0.29, 0.717) is 32.2 Å². The van der Waals surface area contributed by atoms with Crippen molar-refractivity contribution >= 4 is 42.0 Å². The largest absolute Gasteiger partial charge is 0.469 e. The van der Waals surface area contributed by atoms with Gasteiger partial charge in [-0.15, -0.1) is 24.0 Å². The third kappa shape index (κ3) is 10.0. The number of halogens is 1. The molecule has 1 amide bonds. The van der Waals surface area contributed by atoms with Crippen LogP contribution in [0, 0.1) is 0 Å². The first-order chi connectivity index (χ1) is 12.1. The minimum absolute atomic E-state index is 0. The summed E-state index contributed by atoms with van der Waals surface area (Å²) >= 11 is 0. The van der Waals surface area contributed by atoms with Crippen molar-refractivity contribution < 1.29 is 19.1 Å². The average Bonchev–Trinajstić information content (AvgIpc) is 2.63. The first-order valence-electron chi connectivity index (χ1n) is 9.06. The number of rotatable bonds is 8. The van der Waals surface area contributed by atoms with E-state index in [-0.39, 0.29) is 36.0 Å². The molecule has 8 nitrogen and oxygen atoms in total. The van der Waals surface area contributed by atoms with E-state index in [9.17, 15) is 9.59 Å². The Hall–Kier alpha value is -1.26. The van der Waals surface area contributed by atoms with Crippen molar-refractivity contribution in [3.63, 3.8) is 0 Å². The van der Waals surface area contributed by atoms with Crippen molar-refractivity contribution in [2.75, 3.05) is 40.4 Å². The highest BCUT2D eigenvalue weighted by Gasteiger charge is 2.23. The van der Waals surface area contributed by atoms with E-state index in [1.165, 1.54) is 7.11 Å². The van der Waals surface area contributed by atoms with Gasteiger partial charge >= 0.3 is 12.1 Å². The number of carbonyl (C=O) groups is 2. The van der Waals surface area contributed by atoms with Gasteiger partial charge in [-0.3, -0.25) is 9.79 Å². The standard InChI is InChI=1S/C17H32N4O4.HI/c1-4-25-17(23)21-12-9-14(10-13-21)20-16(18-2)19-11-7-5-6-8-15(22)24-3;/h14H,4-13H2,1-3H3,(H2,18,19,20);1H. The Morgan fingerprint density at radius 1 is 1.19 bits per heavy atom. The van der Waals surface area contributed by atoms with Crippen LogP contribution in [0.2, 0.25) is 0 Å². The van der Waals surface area contributed by atoms with Gasteiger partial charge in [0.15, 0.2) is 5.96 Å². The van der Waals surface area contributed by atoms with Gasteiger partial charge in [-0.25, -0.2) is 4.79 Å². The maximum Gasteiger partial charge on any atom is 0.409 e. The highest BCUT2D eigenvalue weighted by atomic mass is 127. The summed E-state index contributed by atoms with van der Waals surface area (Å²) in [6.45, 7) is 4.43. The molecule has 1 aliphatic heterocycles. The third-order valence-electron chi connectivity index (χ3n) is 4.16. The number of methoxy groups -OCH3 is 1. The van der Waals surface area contributed by atoms with Crippen LogP contribution < -0.4 is 10.6 Å². The number of amides is 1. The number of aliphatic imine (C=N–C) groups is 1. The normalized spacial score (nSPS) is 15.0. The predicted molar refractivity (Wildman–Crippen MR) is 112 cm³/mol. The zero-order chi connectivity index (χ0) is 18.5. The molecule has 0 saturated carbocycles. The zero-order valence-electron chi connectivity index (χ0n) is 16.1. The van der Waals surface area contributed by atoms with Gasteiger partial charge in [0.05, 0.1) is 13.7 Å². The molecule has 0 radical (unpaired) electrons. The van der Waals surface area contributed by atoms with E-state index < -0.39 is 0 Å². The molecule has 0 spiro atoms. The van der Waals surface area contributed by atoms with E-state index in [1.54, 1.807) is 11.9 Å². The smallest absolute Gasteiger partial charge is 0.409 e. The van der Waals surface area contributed by atoms with Crippen molar-refractivity contribution in [2.24, 2.45) is 4.99 Å². The summed E-state index contributed by atoms with van der Waals surface area (Å²) < 4.78 is 9.64. The molecule has 152 valence electrons. The molecule has 1 heterocycles. The molecule has 0 aromatic rings. The Kier molecular flexibility index (Phi) is 14.1. The molecular formula is C17H33IN4O4. The van der Waals surface area contributed by atoms with E-state index in [1.807, 2.05) is 6.92 Å². The molecule has 0 aromatic carbocycles. The molecule has 0 aromatic heterocycles. The number of nitrogens with zero attached hydrogens (tertiary/aromatic N) is 2. The van der Waals surface area contributed by atoms with Crippen molar-refractivity contribution in [3.05, 3.63) is 0 Å². The van der Waals surface area contributed by atoms with Gasteiger partial charge < -0.3 is 25.0 Å². The second-order valence-electron chi connectivity index (χ2n) is 5.99.